The number of hydrogen-bond donors (Lipinski definition) is 2. The van der Waals surface area contributed by atoms with Crippen molar-refractivity contribution in [1.29, 1.82) is 0 Å². The fourth-order valence-electron chi connectivity index (χ4n) is 4.38. The van der Waals surface area contributed by atoms with Crippen LogP contribution in [0.1, 0.15) is 36.4 Å². The van der Waals surface area contributed by atoms with Gasteiger partial charge < -0.3 is 20.7 Å². The number of fused-ring (bicyclic) bond motifs is 1. The molecule has 3 N–H and O–H groups in total. The lowest BCUT2D eigenvalue weighted by Gasteiger charge is -2.34. The zero-order chi connectivity index (χ0) is 21.3. The van der Waals surface area contributed by atoms with Crippen LogP contribution in [0.15, 0.2) is 59.6 Å². The van der Waals surface area contributed by atoms with Crippen molar-refractivity contribution in [2.45, 2.75) is 31.8 Å². The number of guanidine groups is 1. The molecule has 0 amide bonds. The van der Waals surface area contributed by atoms with E-state index in [-0.39, 0.29) is 30.0 Å². The summed E-state index contributed by atoms with van der Waals surface area (Å²) in [7, 11) is 0. The largest absolute Gasteiger partial charge is 0.493 e. The Kier molecular flexibility index (Phi) is 10.1. The summed E-state index contributed by atoms with van der Waals surface area (Å²) in [5.41, 5.74) is 8.72. The molecule has 6 nitrogen and oxygen atoms in total. The predicted octanol–water partition coefficient (Wildman–Crippen LogP) is 3.63. The number of rotatable bonds is 8. The van der Waals surface area contributed by atoms with E-state index in [0.717, 1.165) is 70.8 Å². The molecule has 2 heterocycles. The van der Waals surface area contributed by atoms with Crippen LogP contribution in [0, 0.1) is 0 Å². The quantitative estimate of drug-likeness (QED) is 0.228. The van der Waals surface area contributed by atoms with Crippen molar-refractivity contribution < 1.29 is 4.74 Å². The second-order valence-electron chi connectivity index (χ2n) is 8.45. The molecule has 2 aliphatic heterocycles. The molecule has 7 heteroatoms. The second-order valence-corrected chi connectivity index (χ2v) is 8.45. The van der Waals surface area contributed by atoms with E-state index in [0.29, 0.717) is 12.6 Å². The Morgan fingerprint density at radius 2 is 1.69 bits per heavy atom. The van der Waals surface area contributed by atoms with Gasteiger partial charge in [0.2, 0.25) is 0 Å². The van der Waals surface area contributed by atoms with E-state index in [9.17, 15) is 0 Å². The summed E-state index contributed by atoms with van der Waals surface area (Å²) < 4.78 is 5.71. The Balaban J connectivity index is 0.00000289. The van der Waals surface area contributed by atoms with E-state index in [4.69, 9.17) is 10.5 Å². The SMILES string of the molecule is I.NC(=NCCCCN1CCN(Cc2ccccc2)CC1)NC1CCOc2ccccc21. The molecule has 2 aromatic carbocycles. The first-order valence-corrected chi connectivity index (χ1v) is 11.5. The van der Waals surface area contributed by atoms with Crippen molar-refractivity contribution in [1.82, 2.24) is 15.1 Å². The molecule has 1 unspecified atom stereocenters. The third-order valence-electron chi connectivity index (χ3n) is 6.16. The van der Waals surface area contributed by atoms with Crippen molar-refractivity contribution in [3.63, 3.8) is 0 Å². The lowest BCUT2D eigenvalue weighted by atomic mass is 10.0. The second kappa shape index (κ2) is 13.0. The molecule has 1 atom stereocenters. The number of aliphatic imine (C=N–C) groups is 1. The van der Waals surface area contributed by atoms with Crippen LogP contribution in [-0.2, 0) is 6.54 Å². The van der Waals surface area contributed by atoms with Crippen LogP contribution in [0.4, 0.5) is 0 Å². The Bertz CT molecular complexity index is 839. The normalized spacial score (nSPS) is 19.5. The smallest absolute Gasteiger partial charge is 0.189 e. The number of nitrogens with zero attached hydrogens (tertiary/aromatic N) is 3. The molecular formula is C25H36IN5O. The lowest BCUT2D eigenvalue weighted by molar-refractivity contribution is 0.126. The molecule has 1 saturated heterocycles. The van der Waals surface area contributed by atoms with E-state index >= 15 is 0 Å². The number of nitrogens with one attached hydrogen (secondary N) is 1. The number of para-hydroxylation sites is 1. The highest BCUT2D eigenvalue weighted by Crippen LogP contribution is 2.31. The van der Waals surface area contributed by atoms with Crippen LogP contribution in [0.25, 0.3) is 0 Å². The van der Waals surface area contributed by atoms with Crippen LogP contribution in [0.3, 0.4) is 0 Å². The zero-order valence-corrected chi connectivity index (χ0v) is 21.1. The first kappa shape index (κ1) is 24.8. The summed E-state index contributed by atoms with van der Waals surface area (Å²) in [4.78, 5) is 9.68. The fraction of sp³-hybridized carbons (Fsp3) is 0.480. The summed E-state index contributed by atoms with van der Waals surface area (Å²) in [6.07, 6.45) is 3.13. The number of unbranched alkanes of at least 4 members (excludes halogenated alkanes) is 1. The molecule has 0 spiro atoms. The molecule has 2 aliphatic rings. The van der Waals surface area contributed by atoms with Gasteiger partial charge in [0, 0.05) is 51.3 Å². The third-order valence-corrected chi connectivity index (χ3v) is 6.16. The minimum Gasteiger partial charge on any atom is -0.493 e. The molecule has 0 aliphatic carbocycles. The van der Waals surface area contributed by atoms with E-state index < -0.39 is 0 Å². The molecule has 2 aromatic rings. The highest BCUT2D eigenvalue weighted by atomic mass is 127. The Hall–Kier alpha value is -1.84. The first-order chi connectivity index (χ1) is 15.3. The van der Waals surface area contributed by atoms with Crippen molar-refractivity contribution in [2.75, 3.05) is 45.9 Å². The summed E-state index contributed by atoms with van der Waals surface area (Å²) in [6, 6.07) is 19.1. The molecule has 0 radical (unpaired) electrons. The minimum absolute atomic E-state index is 0. The maximum absolute atomic E-state index is 6.15. The van der Waals surface area contributed by atoms with Gasteiger partial charge in [-0.25, -0.2) is 0 Å². The maximum atomic E-state index is 6.15. The first-order valence-electron chi connectivity index (χ1n) is 11.5. The third kappa shape index (κ3) is 7.35. The minimum atomic E-state index is 0. The average Bonchev–Trinajstić information content (AvgIpc) is 2.81. The number of benzene rings is 2. The van der Waals surface area contributed by atoms with Crippen LogP contribution in [-0.4, -0.2) is 61.6 Å². The van der Waals surface area contributed by atoms with Crippen molar-refractivity contribution in [2.24, 2.45) is 10.7 Å². The Morgan fingerprint density at radius 1 is 0.969 bits per heavy atom. The van der Waals surface area contributed by atoms with E-state index in [1.807, 2.05) is 18.2 Å². The molecular weight excluding hydrogens is 513 g/mol. The molecule has 1 fully saturated rings. The van der Waals surface area contributed by atoms with Gasteiger partial charge in [-0.3, -0.25) is 9.89 Å². The van der Waals surface area contributed by atoms with Crippen molar-refractivity contribution in [3.8, 4) is 5.75 Å². The van der Waals surface area contributed by atoms with Crippen molar-refractivity contribution in [3.05, 3.63) is 65.7 Å². The van der Waals surface area contributed by atoms with Gasteiger partial charge in [0.25, 0.3) is 0 Å². The van der Waals surface area contributed by atoms with E-state index in [1.165, 1.54) is 11.1 Å². The van der Waals surface area contributed by atoms with Gasteiger partial charge in [-0.05, 0) is 31.0 Å². The Morgan fingerprint density at radius 3 is 2.50 bits per heavy atom. The van der Waals surface area contributed by atoms with Gasteiger partial charge in [0.05, 0.1) is 12.6 Å². The van der Waals surface area contributed by atoms with E-state index in [1.54, 1.807) is 0 Å². The highest BCUT2D eigenvalue weighted by molar-refractivity contribution is 14.0. The van der Waals surface area contributed by atoms with E-state index in [2.05, 4.69) is 56.5 Å². The van der Waals surface area contributed by atoms with Crippen LogP contribution in [0.5, 0.6) is 5.75 Å². The predicted molar refractivity (Wildman–Crippen MR) is 142 cm³/mol. The molecule has 174 valence electrons. The van der Waals surface area contributed by atoms with Gasteiger partial charge in [-0.1, -0.05) is 48.5 Å². The van der Waals surface area contributed by atoms with Crippen molar-refractivity contribution >= 4 is 29.9 Å². The summed E-state index contributed by atoms with van der Waals surface area (Å²) >= 11 is 0. The molecule has 32 heavy (non-hydrogen) atoms. The molecule has 0 saturated carbocycles. The average molecular weight is 550 g/mol. The lowest BCUT2D eigenvalue weighted by Crippen LogP contribution is -2.46. The van der Waals surface area contributed by atoms with Gasteiger partial charge >= 0.3 is 0 Å². The highest BCUT2D eigenvalue weighted by Gasteiger charge is 2.21. The molecule has 4 rings (SSSR count). The maximum Gasteiger partial charge on any atom is 0.189 e. The van der Waals surface area contributed by atoms with Gasteiger partial charge in [0.1, 0.15) is 5.75 Å². The Labute approximate surface area is 209 Å². The van der Waals surface area contributed by atoms with Crippen LogP contribution < -0.4 is 15.8 Å². The van der Waals surface area contributed by atoms with Gasteiger partial charge in [-0.2, -0.15) is 0 Å². The van der Waals surface area contributed by atoms with Gasteiger partial charge in [0.15, 0.2) is 5.96 Å². The number of piperazine rings is 1. The van der Waals surface area contributed by atoms with Crippen LogP contribution >= 0.6 is 24.0 Å². The number of hydrogen-bond acceptors (Lipinski definition) is 4. The number of nitrogens with two attached hydrogens (primary N) is 1. The summed E-state index contributed by atoms with van der Waals surface area (Å²) in [5.74, 6) is 1.49. The summed E-state index contributed by atoms with van der Waals surface area (Å²) in [6.45, 7) is 8.31. The molecule has 0 aromatic heterocycles. The fourth-order valence-corrected chi connectivity index (χ4v) is 4.38. The van der Waals surface area contributed by atoms with Crippen LogP contribution in [0.2, 0.25) is 0 Å². The summed E-state index contributed by atoms with van der Waals surface area (Å²) in [5, 5.41) is 3.37. The number of ether oxygens (including phenoxy) is 1. The van der Waals surface area contributed by atoms with Gasteiger partial charge in [-0.15, -0.1) is 24.0 Å². The monoisotopic (exact) mass is 549 g/mol. The zero-order valence-electron chi connectivity index (χ0n) is 18.8. The number of halogens is 1. The topological polar surface area (TPSA) is 66.1 Å². The standard InChI is InChI=1S/C25H35N5O.HI/c26-25(28-23-12-19-31-24-11-5-4-10-22(23)24)27-13-6-7-14-29-15-17-30(18-16-29)20-21-8-2-1-3-9-21;/h1-5,8-11,23H,6-7,12-20H2,(H3,26,27,28);1H. The molecule has 0 bridgehead atoms.